The van der Waals surface area contributed by atoms with Gasteiger partial charge in [-0.25, -0.2) is 0 Å². The van der Waals surface area contributed by atoms with E-state index < -0.39 is 30.5 Å². The minimum absolute atomic E-state index is 0.0204. The number of amides is 1. The lowest BCUT2D eigenvalue weighted by Crippen LogP contribution is -2.48. The molecule has 0 heterocycles. The van der Waals surface area contributed by atoms with Crippen molar-refractivity contribution in [1.82, 2.24) is 5.32 Å². The monoisotopic (exact) mass is 270 g/mol. The number of halogens is 3. The van der Waals surface area contributed by atoms with Crippen LogP contribution < -0.4 is 11.1 Å². The molecule has 3 nitrogen and oxygen atoms in total. The van der Waals surface area contributed by atoms with Crippen LogP contribution in [-0.4, -0.2) is 23.6 Å². The maximum Gasteiger partial charge on any atom is 0.390 e. The third-order valence-corrected chi connectivity index (χ3v) is 3.20. The van der Waals surface area contributed by atoms with Crippen molar-refractivity contribution in [3.63, 3.8) is 0 Å². The maximum atomic E-state index is 11.9. The fraction of sp³-hybridized carbons (Fsp3) is 0.800. The summed E-state index contributed by atoms with van der Waals surface area (Å²) >= 11 is 4.82. The molecular formula is C10H17F3N2OS. The Hall–Kier alpha value is -0.850. The summed E-state index contributed by atoms with van der Waals surface area (Å²) in [7, 11) is 0. The SMILES string of the molecule is CCC(CC)(C(=O)NCCC(F)(F)F)C(N)=S. The van der Waals surface area contributed by atoms with Crippen molar-refractivity contribution in [1.29, 1.82) is 0 Å². The summed E-state index contributed by atoms with van der Waals surface area (Å²) in [6.45, 7) is 3.00. The summed E-state index contributed by atoms with van der Waals surface area (Å²) in [6, 6.07) is 0. The quantitative estimate of drug-likeness (QED) is 0.727. The van der Waals surface area contributed by atoms with Crippen LogP contribution in [0.3, 0.4) is 0 Å². The average Bonchev–Trinajstić information content (AvgIpc) is 2.17. The fourth-order valence-corrected chi connectivity index (χ4v) is 1.90. The van der Waals surface area contributed by atoms with Gasteiger partial charge in [0.1, 0.15) is 0 Å². The van der Waals surface area contributed by atoms with E-state index >= 15 is 0 Å². The molecule has 0 saturated heterocycles. The second-order valence-electron chi connectivity index (χ2n) is 3.77. The van der Waals surface area contributed by atoms with Crippen LogP contribution in [-0.2, 0) is 4.79 Å². The van der Waals surface area contributed by atoms with Gasteiger partial charge in [0.25, 0.3) is 0 Å². The van der Waals surface area contributed by atoms with Crippen molar-refractivity contribution >= 4 is 23.1 Å². The Morgan fingerprint density at radius 1 is 1.29 bits per heavy atom. The van der Waals surface area contributed by atoms with E-state index in [9.17, 15) is 18.0 Å². The van der Waals surface area contributed by atoms with Crippen molar-refractivity contribution in [3.05, 3.63) is 0 Å². The predicted octanol–water partition coefficient (Wildman–Crippen LogP) is 2.15. The van der Waals surface area contributed by atoms with Crippen molar-refractivity contribution in [2.75, 3.05) is 6.54 Å². The molecule has 0 radical (unpaired) electrons. The van der Waals surface area contributed by atoms with E-state index in [-0.39, 0.29) is 4.99 Å². The maximum absolute atomic E-state index is 11.9. The van der Waals surface area contributed by atoms with Gasteiger partial charge in [0.2, 0.25) is 5.91 Å². The van der Waals surface area contributed by atoms with Gasteiger partial charge >= 0.3 is 6.18 Å². The molecule has 0 fully saturated rings. The van der Waals surface area contributed by atoms with Crippen LogP contribution in [0.2, 0.25) is 0 Å². The van der Waals surface area contributed by atoms with Gasteiger partial charge in [0, 0.05) is 6.54 Å². The molecule has 0 aliphatic rings. The molecule has 0 atom stereocenters. The highest BCUT2D eigenvalue weighted by Gasteiger charge is 2.38. The van der Waals surface area contributed by atoms with Crippen molar-refractivity contribution < 1.29 is 18.0 Å². The number of rotatable bonds is 6. The van der Waals surface area contributed by atoms with Crippen LogP contribution in [0, 0.1) is 5.41 Å². The molecule has 1 amide bonds. The van der Waals surface area contributed by atoms with Crippen LogP contribution in [0.4, 0.5) is 13.2 Å². The van der Waals surface area contributed by atoms with Gasteiger partial charge < -0.3 is 11.1 Å². The lowest BCUT2D eigenvalue weighted by Gasteiger charge is -2.29. The minimum atomic E-state index is -4.28. The molecular weight excluding hydrogens is 253 g/mol. The molecule has 17 heavy (non-hydrogen) atoms. The molecule has 0 rings (SSSR count). The van der Waals surface area contributed by atoms with E-state index in [4.69, 9.17) is 18.0 Å². The Morgan fingerprint density at radius 3 is 2.06 bits per heavy atom. The zero-order chi connectivity index (χ0) is 13.7. The zero-order valence-corrected chi connectivity index (χ0v) is 10.7. The van der Waals surface area contributed by atoms with Crippen LogP contribution in [0.1, 0.15) is 33.1 Å². The fourth-order valence-electron chi connectivity index (χ4n) is 1.52. The van der Waals surface area contributed by atoms with E-state index in [0.29, 0.717) is 12.8 Å². The zero-order valence-electron chi connectivity index (χ0n) is 9.86. The molecule has 0 saturated carbocycles. The number of carbonyl (C=O) groups is 1. The molecule has 0 aromatic heterocycles. The molecule has 0 bridgehead atoms. The predicted molar refractivity (Wildman–Crippen MR) is 63.5 cm³/mol. The number of carbonyl (C=O) groups excluding carboxylic acids is 1. The Balaban J connectivity index is 4.51. The van der Waals surface area contributed by atoms with Gasteiger partial charge in [0.15, 0.2) is 0 Å². The normalized spacial score (nSPS) is 12.3. The van der Waals surface area contributed by atoms with E-state index in [2.05, 4.69) is 5.32 Å². The number of nitrogens with two attached hydrogens (primary N) is 1. The third kappa shape index (κ3) is 4.49. The van der Waals surface area contributed by atoms with Gasteiger partial charge in [-0.05, 0) is 12.8 Å². The molecule has 7 heteroatoms. The highest BCUT2D eigenvalue weighted by molar-refractivity contribution is 7.80. The van der Waals surface area contributed by atoms with Crippen LogP contribution in [0.25, 0.3) is 0 Å². The number of thiocarbonyl (C=S) groups is 1. The highest BCUT2D eigenvalue weighted by Crippen LogP contribution is 2.27. The standard InChI is InChI=1S/C10H17F3N2OS/c1-3-9(4-2,7(14)17)8(16)15-6-5-10(11,12)13/h3-6H2,1-2H3,(H2,14,17)(H,15,16). The molecule has 3 N–H and O–H groups in total. The van der Waals surface area contributed by atoms with Crippen LogP contribution >= 0.6 is 12.2 Å². The van der Waals surface area contributed by atoms with Gasteiger partial charge in [0.05, 0.1) is 16.8 Å². The third-order valence-electron chi connectivity index (χ3n) is 2.81. The molecule has 0 aliphatic carbocycles. The smallest absolute Gasteiger partial charge is 0.390 e. The summed E-state index contributed by atoms with van der Waals surface area (Å²) in [4.78, 5) is 11.8. The first kappa shape index (κ1) is 16.1. The number of alkyl halides is 3. The Bertz CT molecular complexity index is 288. The van der Waals surface area contributed by atoms with E-state index in [0.717, 1.165) is 0 Å². The molecule has 0 aliphatic heterocycles. The topological polar surface area (TPSA) is 55.1 Å². The number of hydrogen-bond donors (Lipinski definition) is 2. The first-order valence-electron chi connectivity index (χ1n) is 5.34. The minimum Gasteiger partial charge on any atom is -0.392 e. The summed E-state index contributed by atoms with van der Waals surface area (Å²) in [6.07, 6.45) is -4.59. The summed E-state index contributed by atoms with van der Waals surface area (Å²) in [5, 5.41) is 2.24. The molecule has 0 aromatic carbocycles. The van der Waals surface area contributed by atoms with Gasteiger partial charge in [-0.3, -0.25) is 4.79 Å². The lowest BCUT2D eigenvalue weighted by atomic mass is 9.81. The second-order valence-corrected chi connectivity index (χ2v) is 4.21. The molecule has 0 spiro atoms. The van der Waals surface area contributed by atoms with Crippen LogP contribution in [0.15, 0.2) is 0 Å². The molecule has 0 unspecified atom stereocenters. The van der Waals surface area contributed by atoms with Crippen LogP contribution in [0.5, 0.6) is 0 Å². The van der Waals surface area contributed by atoms with Gasteiger partial charge in [-0.2, -0.15) is 13.2 Å². The van der Waals surface area contributed by atoms with Crippen molar-refractivity contribution in [2.24, 2.45) is 11.1 Å². The number of hydrogen-bond acceptors (Lipinski definition) is 2. The average molecular weight is 270 g/mol. The summed E-state index contributed by atoms with van der Waals surface area (Å²) < 4.78 is 35.8. The van der Waals surface area contributed by atoms with Crippen molar-refractivity contribution in [2.45, 2.75) is 39.3 Å². The summed E-state index contributed by atoms with van der Waals surface area (Å²) in [5.41, 5.74) is 4.46. The molecule has 0 aromatic rings. The first-order chi connectivity index (χ1) is 7.69. The van der Waals surface area contributed by atoms with Gasteiger partial charge in [-0.15, -0.1) is 0 Å². The highest BCUT2D eigenvalue weighted by atomic mass is 32.1. The van der Waals surface area contributed by atoms with E-state index in [1.54, 1.807) is 13.8 Å². The Morgan fingerprint density at radius 2 is 1.76 bits per heavy atom. The van der Waals surface area contributed by atoms with Crippen molar-refractivity contribution in [3.8, 4) is 0 Å². The Labute approximate surface area is 104 Å². The molecule has 100 valence electrons. The Kier molecular flexibility index (Phi) is 5.87. The first-order valence-corrected chi connectivity index (χ1v) is 5.75. The summed E-state index contributed by atoms with van der Waals surface area (Å²) in [5.74, 6) is -0.528. The largest absolute Gasteiger partial charge is 0.392 e. The number of nitrogens with one attached hydrogen (secondary N) is 1. The second kappa shape index (κ2) is 6.18. The van der Waals surface area contributed by atoms with E-state index in [1.165, 1.54) is 0 Å². The van der Waals surface area contributed by atoms with Gasteiger partial charge in [-0.1, -0.05) is 26.1 Å². The van der Waals surface area contributed by atoms with E-state index in [1.807, 2.05) is 0 Å². The lowest BCUT2D eigenvalue weighted by molar-refractivity contribution is -0.137.